The summed E-state index contributed by atoms with van der Waals surface area (Å²) in [5.74, 6) is 0. The Morgan fingerprint density at radius 1 is 0.367 bits per heavy atom. The first kappa shape index (κ1) is 156. The number of hydrogen-bond donors (Lipinski definition) is 1. The number of nitrogens with one attached hydrogen (secondary N) is 1. The molecule has 90 heavy (non-hydrogen) atoms. The van der Waals surface area contributed by atoms with Crippen LogP contribution in [0.4, 0.5) is 11.4 Å². The molecule has 0 spiro atoms. The summed E-state index contributed by atoms with van der Waals surface area (Å²) < 4.78 is 0. The van der Waals surface area contributed by atoms with E-state index in [2.05, 4.69) is 103 Å². The largest absolute Gasteiger partial charge is 0.363 e. The van der Waals surface area contributed by atoms with Crippen molar-refractivity contribution < 1.29 is 288 Å². The molecule has 0 atom stereocenters. The van der Waals surface area contributed by atoms with Crippen molar-refractivity contribution in [1.29, 1.82) is 0 Å². The molecule has 0 amide bonds. The first-order valence-electron chi connectivity index (χ1n) is 29.0. The average molecular weight is 2010 g/mol. The molecule has 4 nitrogen and oxygen atoms in total. The number of aldehydes is 1. The molecule has 0 aromatic heterocycles. The number of carbonyl (C=O) groups excluding carboxylic acids is 1. The standard InChI is InChI=1S/C19H17N.C12H13N.C7H6O.C6H9N.C6H5.11C2H6.CH4.4CH3.W.8Y/c1-15-13-18(14-17-9-5-3-6-10-17)16(2)20(15)19-11-7-4-8-12-19;1-10-8-9-11(2)13(10)12-6-4-3-5-7-12;8-6-7-4-2-1-3-5-7;1-5-3-4-6(2)7-5;1-2-4-6-5-3-1;11*1-2;;;;;;;;;;;;;;/h3-12,14H,1-2,13H2;3-7H,1-2,8-9H2;1-6H;7H,1-4H2;1-5H;11*1-2H3;1H4;4*1H3;;;;;;;;;/q;;;;-1;;;;;;;;;;;;;4*-1;;;;;;;;;. The predicted molar refractivity (Wildman–Crippen MR) is 388 cm³/mol. The maximum absolute atomic E-state index is 10.0. The number of allylic oxidation sites excluding steroid dienone is 6. The van der Waals surface area contributed by atoms with Crippen LogP contribution in [0.5, 0.6) is 0 Å². The Morgan fingerprint density at radius 2 is 0.622 bits per heavy atom. The van der Waals surface area contributed by atoms with Gasteiger partial charge in [-0.25, -0.2) is 0 Å². The summed E-state index contributed by atoms with van der Waals surface area (Å²) in [6.07, 6.45) is 8.08. The van der Waals surface area contributed by atoms with E-state index in [9.17, 15) is 4.79 Å². The predicted octanol–water partition coefficient (Wildman–Crippen LogP) is 26.4. The van der Waals surface area contributed by atoms with Gasteiger partial charge in [-0.05, 0) is 67.2 Å². The van der Waals surface area contributed by atoms with Gasteiger partial charge in [0.25, 0.3) is 0 Å². The number of nitrogens with zero attached hydrogens (tertiary/aromatic N) is 2. The minimum absolute atomic E-state index is 0. The number of hydrogen-bond acceptors (Lipinski definition) is 4. The van der Waals surface area contributed by atoms with Crippen LogP contribution in [-0.2, 0) is 283 Å². The Kier molecular flexibility index (Phi) is 229. The summed E-state index contributed by atoms with van der Waals surface area (Å²) in [5.41, 5.74) is 12.0. The van der Waals surface area contributed by atoms with Crippen LogP contribution in [0.2, 0.25) is 0 Å². The maximum atomic E-state index is 10.0. The van der Waals surface area contributed by atoms with Crippen molar-refractivity contribution in [3.8, 4) is 0 Å². The molecule has 8 radical (unpaired) electrons. The number of benzene rings is 5. The normalized spacial score (nSPS) is 9.78. The molecular formula is C77H132N3OWY8-5. The van der Waals surface area contributed by atoms with Crippen molar-refractivity contribution in [2.24, 2.45) is 0 Å². The molecule has 5 aromatic rings. The molecule has 5 aromatic carbocycles. The minimum Gasteiger partial charge on any atom is -0.363 e. The number of carbonyl (C=O) groups is 1. The van der Waals surface area contributed by atoms with Crippen LogP contribution in [0.1, 0.15) is 208 Å². The van der Waals surface area contributed by atoms with Gasteiger partial charge >= 0.3 is 0 Å². The van der Waals surface area contributed by atoms with Crippen LogP contribution in [0.25, 0.3) is 6.08 Å². The van der Waals surface area contributed by atoms with Gasteiger partial charge in [0.15, 0.2) is 0 Å². The van der Waals surface area contributed by atoms with Gasteiger partial charge in [-0.2, -0.15) is 36.4 Å². The summed E-state index contributed by atoms with van der Waals surface area (Å²) >= 11 is 0. The molecule has 496 valence electrons. The van der Waals surface area contributed by atoms with Gasteiger partial charge in [-0.1, -0.05) is 296 Å². The maximum Gasteiger partial charge on any atom is 0.150 e. The molecule has 0 unspecified atom stereocenters. The SMILES string of the molecule is C.C=C1CC(=Cc2ccccc2)C(=C)N1c1ccccc1.C=C1CCC(=C)N1.C=C1CCC(=C)N1c1ccccc1.CC.CC.CC.CC.CC.CC.CC.CC.CC.CC.CC.O=Cc1ccccc1.[CH3-].[CH3-].[CH3-].[CH3-].[W].[Y].[Y].[Y].[Y].[Y].[Y].[Y].[Y].[c-]1ccccc1. The summed E-state index contributed by atoms with van der Waals surface area (Å²) in [6.45, 7) is 67.9. The van der Waals surface area contributed by atoms with E-state index in [1.54, 1.807) is 12.1 Å². The van der Waals surface area contributed by atoms with Gasteiger partial charge in [0.2, 0.25) is 0 Å². The molecule has 0 aliphatic carbocycles. The summed E-state index contributed by atoms with van der Waals surface area (Å²) in [4.78, 5) is 14.3. The molecule has 3 fully saturated rings. The quantitative estimate of drug-likeness (QED) is 0.144. The Bertz CT molecular complexity index is 2010. The van der Waals surface area contributed by atoms with Crippen molar-refractivity contribution in [2.45, 2.75) is 192 Å². The molecule has 0 bridgehead atoms. The fourth-order valence-corrected chi connectivity index (χ4v) is 5.76. The van der Waals surface area contributed by atoms with Crippen LogP contribution in [0, 0.1) is 35.8 Å². The third kappa shape index (κ3) is 85.1. The Hall–Kier alpha value is 2.87. The van der Waals surface area contributed by atoms with Crippen LogP contribution >= 0.6 is 0 Å². The van der Waals surface area contributed by atoms with Crippen molar-refractivity contribution in [3.05, 3.63) is 278 Å². The zero-order valence-corrected chi connectivity index (χ0v) is 87.8. The average Bonchev–Trinajstić information content (AvgIpc) is 4.19. The van der Waals surface area contributed by atoms with Crippen LogP contribution < -0.4 is 15.1 Å². The van der Waals surface area contributed by atoms with Gasteiger partial charge in [0.05, 0.1) is 0 Å². The molecule has 1 N–H and O–H groups in total. The number of anilines is 2. The first-order valence-corrected chi connectivity index (χ1v) is 29.0. The molecular weight excluding hydrogens is 1880 g/mol. The van der Waals surface area contributed by atoms with Crippen molar-refractivity contribution >= 4 is 23.7 Å². The summed E-state index contributed by atoms with van der Waals surface area (Å²) in [6, 6.07) is 52.5. The monoisotopic (exact) mass is 2010 g/mol. The van der Waals surface area contributed by atoms with Crippen molar-refractivity contribution in [2.75, 3.05) is 9.80 Å². The fourth-order valence-electron chi connectivity index (χ4n) is 5.76. The van der Waals surface area contributed by atoms with E-state index in [-0.39, 0.29) is 320 Å². The van der Waals surface area contributed by atoms with E-state index >= 15 is 0 Å². The van der Waals surface area contributed by atoms with Gasteiger partial charge in [0, 0.05) is 340 Å². The van der Waals surface area contributed by atoms with E-state index in [4.69, 9.17) is 0 Å². The second-order valence-electron chi connectivity index (χ2n) is 12.7. The molecule has 8 rings (SSSR count). The van der Waals surface area contributed by atoms with Crippen LogP contribution in [-0.4, -0.2) is 6.29 Å². The van der Waals surface area contributed by atoms with Crippen LogP contribution in [0.15, 0.2) is 231 Å². The smallest absolute Gasteiger partial charge is 0.150 e. The third-order valence-corrected chi connectivity index (χ3v) is 8.48. The molecule has 0 saturated carbocycles. The van der Waals surface area contributed by atoms with Crippen molar-refractivity contribution in [1.82, 2.24) is 5.32 Å². The number of rotatable bonds is 4. The Labute approximate surface area is 782 Å². The van der Waals surface area contributed by atoms with Gasteiger partial charge in [-0.3, -0.25) is 4.79 Å². The molecule has 3 aliphatic heterocycles. The second kappa shape index (κ2) is 132. The van der Waals surface area contributed by atoms with Crippen molar-refractivity contribution in [3.63, 3.8) is 0 Å². The van der Waals surface area contributed by atoms with Crippen LogP contribution in [0.3, 0.4) is 0 Å². The molecule has 3 aliphatic rings. The fraction of sp³-hybridized carbons (Fsp3) is 0.364. The summed E-state index contributed by atoms with van der Waals surface area (Å²) in [5, 5.41) is 3.03. The van der Waals surface area contributed by atoms with E-state index < -0.39 is 0 Å². The minimum atomic E-state index is 0. The first-order chi connectivity index (χ1) is 37.3. The van der Waals surface area contributed by atoms with Gasteiger partial charge in [0.1, 0.15) is 6.29 Å². The van der Waals surface area contributed by atoms with E-state index in [1.165, 1.54) is 16.8 Å². The Balaban J connectivity index is -0.0000000297. The van der Waals surface area contributed by atoms with E-state index in [0.717, 1.165) is 83.8 Å². The second-order valence-corrected chi connectivity index (χ2v) is 12.7. The topological polar surface area (TPSA) is 35.6 Å². The van der Waals surface area contributed by atoms with Gasteiger partial charge < -0.3 is 44.8 Å². The third-order valence-electron chi connectivity index (χ3n) is 8.48. The zero-order valence-electron chi connectivity index (χ0n) is 62.2. The van der Waals surface area contributed by atoms with Gasteiger partial charge in [-0.15, -0.1) is 0 Å². The number of para-hydroxylation sites is 2. The summed E-state index contributed by atoms with van der Waals surface area (Å²) in [7, 11) is 0. The molecule has 13 heteroatoms. The zero-order chi connectivity index (χ0) is 60.5. The van der Waals surface area contributed by atoms with E-state index in [1.807, 2.05) is 255 Å². The molecule has 3 heterocycles. The molecule has 3 saturated heterocycles. The van der Waals surface area contributed by atoms with E-state index in [0.29, 0.717) is 0 Å². The Morgan fingerprint density at radius 3 is 0.844 bits per heavy atom.